The minimum Gasteiger partial charge on any atom is -0.334 e. The molecule has 1 aromatic rings. The molecule has 0 radical (unpaired) electrons. The lowest BCUT2D eigenvalue weighted by atomic mass is 10.1. The lowest BCUT2D eigenvalue weighted by molar-refractivity contribution is -0.894. The van der Waals surface area contributed by atoms with Gasteiger partial charge in [0.25, 0.3) is 0 Å². The van der Waals surface area contributed by atoms with Crippen LogP contribution in [0.3, 0.4) is 0 Å². The van der Waals surface area contributed by atoms with E-state index in [-0.39, 0.29) is 6.54 Å². The van der Waals surface area contributed by atoms with Crippen LogP contribution in [0.2, 0.25) is 0 Å². The fourth-order valence-electron chi connectivity index (χ4n) is 2.68. The highest BCUT2D eigenvalue weighted by atomic mass is 16.2. The van der Waals surface area contributed by atoms with Gasteiger partial charge in [0, 0.05) is 6.21 Å². The summed E-state index contributed by atoms with van der Waals surface area (Å²) in [6.07, 6.45) is 1.37. The Hall–Kier alpha value is -2.54. The molecule has 4 amide bonds. The summed E-state index contributed by atoms with van der Waals surface area (Å²) >= 11 is 0. The SMILES string of the molecule is CC[NH+](CC)CCN=CC1C(=O)NC(=O)N(Cc2ccccc2)C1=O. The van der Waals surface area contributed by atoms with E-state index in [1.54, 1.807) is 0 Å². The summed E-state index contributed by atoms with van der Waals surface area (Å²) in [5.74, 6) is -2.19. The molecular formula is C18H25N4O3+. The molecule has 0 aromatic heterocycles. The third kappa shape index (κ3) is 4.96. The topological polar surface area (TPSA) is 83.3 Å². The van der Waals surface area contributed by atoms with E-state index in [4.69, 9.17) is 0 Å². The number of carbonyl (C=O) groups excluding carboxylic acids is 3. The molecule has 7 nitrogen and oxygen atoms in total. The van der Waals surface area contributed by atoms with Gasteiger partial charge < -0.3 is 4.90 Å². The van der Waals surface area contributed by atoms with E-state index >= 15 is 0 Å². The Morgan fingerprint density at radius 3 is 2.48 bits per heavy atom. The summed E-state index contributed by atoms with van der Waals surface area (Å²) in [7, 11) is 0. The molecule has 0 aliphatic carbocycles. The highest BCUT2D eigenvalue weighted by molar-refractivity contribution is 6.23. The molecule has 1 fully saturated rings. The fourth-order valence-corrected chi connectivity index (χ4v) is 2.68. The lowest BCUT2D eigenvalue weighted by Gasteiger charge is -2.28. The molecule has 1 saturated heterocycles. The first-order valence-corrected chi connectivity index (χ1v) is 8.60. The fraction of sp³-hybridized carbons (Fsp3) is 0.444. The smallest absolute Gasteiger partial charge is 0.331 e. The van der Waals surface area contributed by atoms with Crippen LogP contribution in [0.25, 0.3) is 0 Å². The molecule has 1 aromatic carbocycles. The Kier molecular flexibility index (Phi) is 6.82. The number of benzene rings is 1. The van der Waals surface area contributed by atoms with Gasteiger partial charge in [-0.15, -0.1) is 0 Å². The molecule has 2 rings (SSSR count). The summed E-state index contributed by atoms with van der Waals surface area (Å²) in [5, 5.41) is 2.23. The number of barbiturate groups is 1. The van der Waals surface area contributed by atoms with Crippen LogP contribution in [0.5, 0.6) is 0 Å². The van der Waals surface area contributed by atoms with Crippen LogP contribution in [-0.2, 0) is 16.1 Å². The molecule has 1 aliphatic heterocycles. The molecule has 1 aliphatic rings. The van der Waals surface area contributed by atoms with Gasteiger partial charge in [0.15, 0.2) is 5.92 Å². The maximum atomic E-state index is 12.5. The van der Waals surface area contributed by atoms with Crippen molar-refractivity contribution in [3.63, 3.8) is 0 Å². The zero-order chi connectivity index (χ0) is 18.2. The van der Waals surface area contributed by atoms with Crippen molar-refractivity contribution in [3.8, 4) is 0 Å². The van der Waals surface area contributed by atoms with E-state index in [0.717, 1.165) is 30.1 Å². The van der Waals surface area contributed by atoms with Gasteiger partial charge in [-0.3, -0.25) is 24.8 Å². The number of aliphatic imine (C=N–C) groups is 1. The first-order valence-electron chi connectivity index (χ1n) is 8.60. The molecule has 0 bridgehead atoms. The first-order chi connectivity index (χ1) is 12.1. The Bertz CT molecular complexity index is 641. The van der Waals surface area contributed by atoms with Crippen molar-refractivity contribution >= 4 is 24.1 Å². The molecule has 1 heterocycles. The zero-order valence-electron chi connectivity index (χ0n) is 14.7. The highest BCUT2D eigenvalue weighted by Gasteiger charge is 2.39. The molecule has 0 saturated carbocycles. The number of quaternary nitrogens is 1. The van der Waals surface area contributed by atoms with Crippen LogP contribution < -0.4 is 10.2 Å². The van der Waals surface area contributed by atoms with Gasteiger partial charge in [0.05, 0.1) is 32.7 Å². The van der Waals surface area contributed by atoms with Gasteiger partial charge in [-0.2, -0.15) is 0 Å². The van der Waals surface area contributed by atoms with Gasteiger partial charge in [-0.25, -0.2) is 4.79 Å². The number of hydrogen-bond donors (Lipinski definition) is 2. The third-order valence-corrected chi connectivity index (χ3v) is 4.32. The molecular weight excluding hydrogens is 320 g/mol. The standard InChI is InChI=1S/C18H24N4O3/c1-3-21(4-2)11-10-19-12-15-16(23)20-18(25)22(17(15)24)13-14-8-6-5-7-9-14/h5-9,12,15H,3-4,10-11,13H2,1-2H3,(H,20,23,25)/p+1. The largest absolute Gasteiger partial charge is 0.334 e. The van der Waals surface area contributed by atoms with Crippen molar-refractivity contribution in [1.82, 2.24) is 10.2 Å². The summed E-state index contributed by atoms with van der Waals surface area (Å²) in [6, 6.07) is 8.50. The average Bonchev–Trinajstić information content (AvgIpc) is 2.62. The molecule has 2 N–H and O–H groups in total. The van der Waals surface area contributed by atoms with Crippen molar-refractivity contribution in [2.45, 2.75) is 20.4 Å². The third-order valence-electron chi connectivity index (χ3n) is 4.32. The van der Waals surface area contributed by atoms with E-state index in [1.165, 1.54) is 11.1 Å². The van der Waals surface area contributed by atoms with Crippen LogP contribution in [-0.4, -0.2) is 55.1 Å². The van der Waals surface area contributed by atoms with E-state index in [1.807, 2.05) is 30.3 Å². The van der Waals surface area contributed by atoms with E-state index < -0.39 is 23.8 Å². The maximum absolute atomic E-state index is 12.5. The average molecular weight is 345 g/mol. The number of likely N-dealkylation sites (N-methyl/N-ethyl adjacent to an activating group) is 1. The van der Waals surface area contributed by atoms with E-state index in [2.05, 4.69) is 24.2 Å². The summed E-state index contributed by atoms with van der Waals surface area (Å²) in [6.45, 7) is 7.75. The quantitative estimate of drug-likeness (QED) is 0.509. The monoisotopic (exact) mass is 345 g/mol. The maximum Gasteiger partial charge on any atom is 0.331 e. The molecule has 1 unspecified atom stereocenters. The molecule has 0 spiro atoms. The van der Waals surface area contributed by atoms with Gasteiger partial charge in [0.1, 0.15) is 0 Å². The summed E-state index contributed by atoms with van der Waals surface area (Å²) in [4.78, 5) is 43.2. The minimum absolute atomic E-state index is 0.132. The second kappa shape index (κ2) is 9.08. The minimum atomic E-state index is -1.05. The normalized spacial score (nSPS) is 18.3. The highest BCUT2D eigenvalue weighted by Crippen LogP contribution is 2.13. The summed E-state index contributed by atoms with van der Waals surface area (Å²) in [5.41, 5.74) is 0.821. The van der Waals surface area contributed by atoms with Gasteiger partial charge in [0.2, 0.25) is 11.8 Å². The second-order valence-corrected chi connectivity index (χ2v) is 5.94. The molecule has 25 heavy (non-hydrogen) atoms. The van der Waals surface area contributed by atoms with Crippen molar-refractivity contribution in [3.05, 3.63) is 35.9 Å². The Morgan fingerprint density at radius 2 is 1.84 bits per heavy atom. The lowest BCUT2D eigenvalue weighted by Crippen LogP contribution is -3.11. The van der Waals surface area contributed by atoms with Gasteiger partial charge >= 0.3 is 6.03 Å². The molecule has 134 valence electrons. The van der Waals surface area contributed by atoms with Crippen molar-refractivity contribution in [1.29, 1.82) is 0 Å². The van der Waals surface area contributed by atoms with Gasteiger partial charge in [-0.1, -0.05) is 30.3 Å². The summed E-state index contributed by atoms with van der Waals surface area (Å²) < 4.78 is 0. The van der Waals surface area contributed by atoms with Crippen LogP contribution in [0, 0.1) is 5.92 Å². The van der Waals surface area contributed by atoms with Crippen LogP contribution in [0.15, 0.2) is 35.3 Å². The van der Waals surface area contributed by atoms with E-state index in [0.29, 0.717) is 6.54 Å². The number of rotatable bonds is 8. The second-order valence-electron chi connectivity index (χ2n) is 5.94. The van der Waals surface area contributed by atoms with Crippen LogP contribution >= 0.6 is 0 Å². The molecule has 7 heteroatoms. The Labute approximate surface area is 147 Å². The van der Waals surface area contributed by atoms with Crippen LogP contribution in [0.4, 0.5) is 4.79 Å². The number of nitrogens with one attached hydrogen (secondary N) is 2. The number of hydrogen-bond acceptors (Lipinski definition) is 4. The van der Waals surface area contributed by atoms with Crippen LogP contribution in [0.1, 0.15) is 19.4 Å². The number of carbonyl (C=O) groups is 3. The van der Waals surface area contributed by atoms with Crippen molar-refractivity contribution in [2.75, 3.05) is 26.2 Å². The predicted molar refractivity (Wildman–Crippen MR) is 94.3 cm³/mol. The molecule has 1 atom stereocenters. The number of amides is 4. The number of urea groups is 1. The zero-order valence-corrected chi connectivity index (χ0v) is 14.7. The number of imide groups is 2. The predicted octanol–water partition coefficient (Wildman–Crippen LogP) is -0.123. The number of nitrogens with zero attached hydrogens (tertiary/aromatic N) is 2. The van der Waals surface area contributed by atoms with Gasteiger partial charge in [-0.05, 0) is 19.4 Å². The Balaban J connectivity index is 2.01. The van der Waals surface area contributed by atoms with E-state index in [9.17, 15) is 14.4 Å². The van der Waals surface area contributed by atoms with Crippen molar-refractivity contribution < 1.29 is 19.3 Å². The van der Waals surface area contributed by atoms with Crippen molar-refractivity contribution in [2.24, 2.45) is 10.9 Å². The first kappa shape index (κ1) is 18.8. The Morgan fingerprint density at radius 1 is 1.16 bits per heavy atom.